The van der Waals surface area contributed by atoms with Gasteiger partial charge < -0.3 is 5.32 Å². The molecule has 1 aromatic rings. The van der Waals surface area contributed by atoms with Crippen LogP contribution in [0, 0.1) is 6.92 Å². The van der Waals surface area contributed by atoms with Gasteiger partial charge in [-0.25, -0.2) is 0 Å². The summed E-state index contributed by atoms with van der Waals surface area (Å²) in [6, 6.07) is 5.81. The van der Waals surface area contributed by atoms with Gasteiger partial charge in [0.15, 0.2) is 0 Å². The number of unbranched alkanes of at least 4 members (excludes halogenated alkanes) is 5. The molecule has 0 fully saturated rings. The van der Waals surface area contributed by atoms with Gasteiger partial charge in [-0.15, -0.1) is 0 Å². The lowest BCUT2D eigenvalue weighted by Crippen LogP contribution is -2.24. The van der Waals surface area contributed by atoms with Crippen molar-refractivity contribution < 1.29 is 4.79 Å². The number of hydrogen-bond donors (Lipinski definition) is 1. The van der Waals surface area contributed by atoms with E-state index in [1.165, 1.54) is 32.1 Å². The Morgan fingerprint density at radius 1 is 1.16 bits per heavy atom. The summed E-state index contributed by atoms with van der Waals surface area (Å²) >= 11 is 3.44. The Hall–Kier alpha value is -0.830. The van der Waals surface area contributed by atoms with Crippen molar-refractivity contribution >= 4 is 21.8 Å². The van der Waals surface area contributed by atoms with E-state index in [1.54, 1.807) is 0 Å². The van der Waals surface area contributed by atoms with Gasteiger partial charge in [-0.2, -0.15) is 0 Å². The number of rotatable bonds is 8. The Morgan fingerprint density at radius 2 is 1.84 bits per heavy atom. The molecule has 19 heavy (non-hydrogen) atoms. The highest BCUT2D eigenvalue weighted by Gasteiger charge is 2.08. The first-order valence-electron chi connectivity index (χ1n) is 7.19. The van der Waals surface area contributed by atoms with E-state index in [0.717, 1.165) is 28.6 Å². The number of hydrogen-bond acceptors (Lipinski definition) is 1. The fourth-order valence-electron chi connectivity index (χ4n) is 2.01. The number of amides is 1. The number of carbonyl (C=O) groups excluding carboxylic acids is 1. The van der Waals surface area contributed by atoms with E-state index in [2.05, 4.69) is 28.2 Å². The van der Waals surface area contributed by atoms with Crippen LogP contribution in [0.4, 0.5) is 0 Å². The summed E-state index contributed by atoms with van der Waals surface area (Å²) in [5, 5.41) is 2.98. The molecule has 106 valence electrons. The van der Waals surface area contributed by atoms with Crippen molar-refractivity contribution in [3.63, 3.8) is 0 Å². The molecule has 0 aromatic heterocycles. The van der Waals surface area contributed by atoms with Crippen molar-refractivity contribution in [2.45, 2.75) is 52.4 Å². The molecule has 0 atom stereocenters. The predicted molar refractivity (Wildman–Crippen MR) is 84.6 cm³/mol. The largest absolute Gasteiger partial charge is 0.352 e. The number of carbonyl (C=O) groups is 1. The maximum atomic E-state index is 12.0. The van der Waals surface area contributed by atoms with E-state index in [4.69, 9.17) is 0 Å². The number of benzene rings is 1. The third-order valence-electron chi connectivity index (χ3n) is 3.19. The predicted octanol–water partition coefficient (Wildman–Crippen LogP) is 4.85. The highest BCUT2D eigenvalue weighted by molar-refractivity contribution is 9.10. The summed E-state index contributed by atoms with van der Waals surface area (Å²) in [6.07, 6.45) is 7.46. The molecule has 2 nitrogen and oxygen atoms in total. The monoisotopic (exact) mass is 325 g/mol. The molecule has 0 saturated carbocycles. The summed E-state index contributed by atoms with van der Waals surface area (Å²) in [5.74, 6) is 0.0143. The Bertz CT molecular complexity index is 404. The molecular formula is C16H24BrNO. The van der Waals surface area contributed by atoms with E-state index >= 15 is 0 Å². The minimum atomic E-state index is 0.0143. The van der Waals surface area contributed by atoms with E-state index in [9.17, 15) is 4.79 Å². The van der Waals surface area contributed by atoms with Gasteiger partial charge >= 0.3 is 0 Å². The minimum absolute atomic E-state index is 0.0143. The molecule has 0 unspecified atom stereocenters. The first-order chi connectivity index (χ1) is 9.15. The van der Waals surface area contributed by atoms with Crippen LogP contribution in [-0.2, 0) is 0 Å². The van der Waals surface area contributed by atoms with Gasteiger partial charge in [0, 0.05) is 11.0 Å². The summed E-state index contributed by atoms with van der Waals surface area (Å²) in [4.78, 5) is 12.0. The molecule has 0 saturated heterocycles. The summed E-state index contributed by atoms with van der Waals surface area (Å²) in [6.45, 7) is 5.01. The normalized spacial score (nSPS) is 10.5. The second-order valence-corrected chi connectivity index (χ2v) is 5.86. The van der Waals surface area contributed by atoms with Crippen LogP contribution in [0.25, 0.3) is 0 Å². The molecule has 0 heterocycles. The zero-order valence-corrected chi connectivity index (χ0v) is 13.6. The number of aryl methyl sites for hydroxylation is 1. The van der Waals surface area contributed by atoms with E-state index in [1.807, 2.05) is 25.1 Å². The molecule has 0 aliphatic rings. The lowest BCUT2D eigenvalue weighted by Gasteiger charge is -2.07. The topological polar surface area (TPSA) is 29.1 Å². The molecule has 0 spiro atoms. The van der Waals surface area contributed by atoms with Crippen molar-refractivity contribution in [1.29, 1.82) is 0 Å². The zero-order valence-electron chi connectivity index (χ0n) is 12.0. The molecule has 0 radical (unpaired) electrons. The summed E-state index contributed by atoms with van der Waals surface area (Å²) in [7, 11) is 0. The Morgan fingerprint density at radius 3 is 2.53 bits per heavy atom. The van der Waals surface area contributed by atoms with Crippen LogP contribution in [-0.4, -0.2) is 12.5 Å². The van der Waals surface area contributed by atoms with Crippen LogP contribution in [0.5, 0.6) is 0 Å². The lowest BCUT2D eigenvalue weighted by atomic mass is 10.1. The van der Waals surface area contributed by atoms with Gasteiger partial charge in [-0.1, -0.05) is 45.1 Å². The maximum Gasteiger partial charge on any atom is 0.252 e. The van der Waals surface area contributed by atoms with Crippen LogP contribution in [0.2, 0.25) is 0 Å². The molecule has 0 aliphatic heterocycles. The third-order valence-corrected chi connectivity index (χ3v) is 3.84. The van der Waals surface area contributed by atoms with Gasteiger partial charge in [0.1, 0.15) is 0 Å². The maximum absolute atomic E-state index is 12.0. The molecule has 3 heteroatoms. The highest BCUT2D eigenvalue weighted by Crippen LogP contribution is 2.18. The molecule has 0 bridgehead atoms. The molecular weight excluding hydrogens is 302 g/mol. The molecule has 0 aliphatic carbocycles. The van der Waals surface area contributed by atoms with Crippen LogP contribution in [0.1, 0.15) is 61.4 Å². The van der Waals surface area contributed by atoms with Crippen LogP contribution in [0.3, 0.4) is 0 Å². The van der Waals surface area contributed by atoms with Gasteiger partial charge in [-0.05, 0) is 47.0 Å². The van der Waals surface area contributed by atoms with Crippen LogP contribution < -0.4 is 5.32 Å². The molecule has 1 rings (SSSR count). The van der Waals surface area contributed by atoms with Gasteiger partial charge in [0.25, 0.3) is 5.91 Å². The van der Waals surface area contributed by atoms with Crippen molar-refractivity contribution in [3.05, 3.63) is 33.8 Å². The van der Waals surface area contributed by atoms with Crippen LogP contribution in [0.15, 0.2) is 22.7 Å². The highest BCUT2D eigenvalue weighted by atomic mass is 79.9. The lowest BCUT2D eigenvalue weighted by molar-refractivity contribution is 0.0952. The summed E-state index contributed by atoms with van der Waals surface area (Å²) in [5.41, 5.74) is 1.87. The van der Waals surface area contributed by atoms with Crippen molar-refractivity contribution in [2.24, 2.45) is 0 Å². The van der Waals surface area contributed by atoms with Gasteiger partial charge in [-0.3, -0.25) is 4.79 Å². The summed E-state index contributed by atoms with van der Waals surface area (Å²) < 4.78 is 0.868. The van der Waals surface area contributed by atoms with Crippen molar-refractivity contribution in [2.75, 3.05) is 6.54 Å². The van der Waals surface area contributed by atoms with E-state index in [-0.39, 0.29) is 5.91 Å². The Kier molecular flexibility index (Phi) is 7.80. The van der Waals surface area contributed by atoms with E-state index < -0.39 is 0 Å². The average molecular weight is 326 g/mol. The standard InChI is InChI=1S/C16H24BrNO/c1-3-4-5-6-7-8-11-18-16(19)14-10-9-13(2)12-15(14)17/h9-10,12H,3-8,11H2,1-2H3,(H,18,19). The second-order valence-electron chi connectivity index (χ2n) is 5.01. The third kappa shape index (κ3) is 6.24. The zero-order chi connectivity index (χ0) is 14.1. The van der Waals surface area contributed by atoms with Crippen molar-refractivity contribution in [1.82, 2.24) is 5.32 Å². The van der Waals surface area contributed by atoms with E-state index in [0.29, 0.717) is 0 Å². The van der Waals surface area contributed by atoms with Gasteiger partial charge in [0.2, 0.25) is 0 Å². The van der Waals surface area contributed by atoms with Crippen molar-refractivity contribution in [3.8, 4) is 0 Å². The molecule has 1 N–H and O–H groups in total. The SMILES string of the molecule is CCCCCCCCNC(=O)c1ccc(C)cc1Br. The fraction of sp³-hybridized carbons (Fsp3) is 0.562. The first-order valence-corrected chi connectivity index (χ1v) is 7.98. The second kappa shape index (κ2) is 9.13. The number of halogens is 1. The Balaban J connectivity index is 2.24. The minimum Gasteiger partial charge on any atom is -0.352 e. The smallest absolute Gasteiger partial charge is 0.252 e. The van der Waals surface area contributed by atoms with Gasteiger partial charge in [0.05, 0.1) is 5.56 Å². The fourth-order valence-corrected chi connectivity index (χ4v) is 2.68. The molecule has 1 aromatic carbocycles. The molecule has 1 amide bonds. The first kappa shape index (κ1) is 16.2. The van der Waals surface area contributed by atoms with Crippen LogP contribution >= 0.6 is 15.9 Å². The number of nitrogens with one attached hydrogen (secondary N) is 1. The Labute approximate surface area is 125 Å². The average Bonchev–Trinajstić information content (AvgIpc) is 2.37. The quantitative estimate of drug-likeness (QED) is 0.680.